The fourth-order valence-electron chi connectivity index (χ4n) is 2.94. The standard InChI is InChI=1S/C16H21N7O2S2/c1-10-14(26-16(18-2)20-10)13-11(8-17)9-19-15(22-13)21-12-4-6-23(7-5-12)27(3,24)25/h9,12H,4-7H2,1-3H3,(H,18,20)(H,19,21,22). The largest absolute Gasteiger partial charge is 0.365 e. The van der Waals surface area contributed by atoms with Gasteiger partial charge in [-0.2, -0.15) is 5.26 Å². The van der Waals surface area contributed by atoms with Crippen LogP contribution in [-0.4, -0.2) is 60.1 Å². The van der Waals surface area contributed by atoms with Crippen LogP contribution in [0.1, 0.15) is 24.1 Å². The summed E-state index contributed by atoms with van der Waals surface area (Å²) in [7, 11) is -1.36. The summed E-state index contributed by atoms with van der Waals surface area (Å²) in [6, 6.07) is 2.22. The lowest BCUT2D eigenvalue weighted by atomic mass is 10.1. The van der Waals surface area contributed by atoms with Gasteiger partial charge in [-0.1, -0.05) is 11.3 Å². The number of nitrogens with one attached hydrogen (secondary N) is 2. The van der Waals surface area contributed by atoms with Crippen LogP contribution in [0, 0.1) is 18.3 Å². The maximum atomic E-state index is 11.6. The Balaban J connectivity index is 1.80. The van der Waals surface area contributed by atoms with E-state index < -0.39 is 10.0 Å². The molecule has 0 radical (unpaired) electrons. The third kappa shape index (κ3) is 4.35. The van der Waals surface area contributed by atoms with Crippen molar-refractivity contribution in [1.29, 1.82) is 5.26 Å². The van der Waals surface area contributed by atoms with E-state index in [2.05, 4.69) is 31.7 Å². The first-order valence-corrected chi connectivity index (χ1v) is 11.1. The van der Waals surface area contributed by atoms with E-state index in [0.717, 1.165) is 15.7 Å². The number of thiazole rings is 1. The first-order chi connectivity index (χ1) is 12.8. The molecule has 0 spiro atoms. The van der Waals surface area contributed by atoms with E-state index >= 15 is 0 Å². The molecule has 0 atom stereocenters. The van der Waals surface area contributed by atoms with Crippen molar-refractivity contribution in [2.24, 2.45) is 0 Å². The van der Waals surface area contributed by atoms with E-state index in [4.69, 9.17) is 0 Å². The van der Waals surface area contributed by atoms with Gasteiger partial charge >= 0.3 is 0 Å². The van der Waals surface area contributed by atoms with Crippen molar-refractivity contribution < 1.29 is 8.42 Å². The van der Waals surface area contributed by atoms with Gasteiger partial charge in [0.2, 0.25) is 16.0 Å². The molecule has 0 saturated carbocycles. The number of rotatable bonds is 5. The minimum atomic E-state index is -3.15. The van der Waals surface area contributed by atoms with Gasteiger partial charge in [-0.05, 0) is 19.8 Å². The normalized spacial score (nSPS) is 16.1. The molecule has 0 aliphatic carbocycles. The molecule has 0 bridgehead atoms. The average molecular weight is 408 g/mol. The van der Waals surface area contributed by atoms with Crippen molar-refractivity contribution in [1.82, 2.24) is 19.3 Å². The van der Waals surface area contributed by atoms with Crippen molar-refractivity contribution in [3.8, 4) is 16.6 Å². The van der Waals surface area contributed by atoms with Crippen molar-refractivity contribution in [2.45, 2.75) is 25.8 Å². The maximum Gasteiger partial charge on any atom is 0.223 e. The monoisotopic (exact) mass is 407 g/mol. The van der Waals surface area contributed by atoms with E-state index in [0.29, 0.717) is 43.1 Å². The quantitative estimate of drug-likeness (QED) is 0.767. The average Bonchev–Trinajstić information content (AvgIpc) is 3.02. The van der Waals surface area contributed by atoms with Crippen LogP contribution in [0.2, 0.25) is 0 Å². The number of aryl methyl sites for hydroxylation is 1. The number of sulfonamides is 1. The fraction of sp³-hybridized carbons (Fsp3) is 0.500. The summed E-state index contributed by atoms with van der Waals surface area (Å²) < 4.78 is 24.7. The van der Waals surface area contributed by atoms with Gasteiger partial charge in [-0.25, -0.2) is 27.7 Å². The van der Waals surface area contributed by atoms with Crippen molar-refractivity contribution in [3.05, 3.63) is 17.5 Å². The van der Waals surface area contributed by atoms with Crippen LogP contribution in [0.4, 0.5) is 11.1 Å². The molecule has 2 N–H and O–H groups in total. The summed E-state index contributed by atoms with van der Waals surface area (Å²) in [5.74, 6) is 0.431. The zero-order valence-corrected chi connectivity index (χ0v) is 17.0. The van der Waals surface area contributed by atoms with E-state index in [1.807, 2.05) is 6.92 Å². The summed E-state index contributed by atoms with van der Waals surface area (Å²) in [6.07, 6.45) is 4.09. The van der Waals surface area contributed by atoms with E-state index in [1.54, 1.807) is 7.05 Å². The Morgan fingerprint density at radius 2 is 2.04 bits per heavy atom. The molecule has 144 valence electrons. The summed E-state index contributed by atoms with van der Waals surface area (Å²) in [4.78, 5) is 14.0. The van der Waals surface area contributed by atoms with Gasteiger partial charge in [0.05, 0.1) is 28.6 Å². The van der Waals surface area contributed by atoms with E-state index in [1.165, 1.54) is 28.1 Å². The van der Waals surface area contributed by atoms with Crippen molar-refractivity contribution >= 4 is 32.4 Å². The zero-order valence-electron chi connectivity index (χ0n) is 15.4. The summed E-state index contributed by atoms with van der Waals surface area (Å²) in [5, 5.41) is 16.4. The molecule has 2 aromatic heterocycles. The Labute approximate surface area is 162 Å². The molecule has 0 aromatic carbocycles. The third-order valence-electron chi connectivity index (χ3n) is 4.39. The lowest BCUT2D eigenvalue weighted by Gasteiger charge is -2.30. The summed E-state index contributed by atoms with van der Waals surface area (Å²) in [5.41, 5.74) is 1.74. The molecule has 0 amide bonds. The highest BCUT2D eigenvalue weighted by Gasteiger charge is 2.25. The predicted molar refractivity (Wildman–Crippen MR) is 105 cm³/mol. The lowest BCUT2D eigenvalue weighted by Crippen LogP contribution is -2.42. The second-order valence-corrected chi connectivity index (χ2v) is 9.31. The highest BCUT2D eigenvalue weighted by Crippen LogP contribution is 2.33. The molecular weight excluding hydrogens is 386 g/mol. The molecule has 1 aliphatic rings. The molecule has 3 heterocycles. The van der Waals surface area contributed by atoms with E-state index in [-0.39, 0.29) is 6.04 Å². The van der Waals surface area contributed by atoms with Crippen LogP contribution in [0.3, 0.4) is 0 Å². The Bertz CT molecular complexity index is 973. The van der Waals surface area contributed by atoms with Crippen LogP contribution < -0.4 is 10.6 Å². The topological polar surface area (TPSA) is 124 Å². The molecule has 9 nitrogen and oxygen atoms in total. The molecule has 27 heavy (non-hydrogen) atoms. The van der Waals surface area contributed by atoms with Gasteiger partial charge in [-0.3, -0.25) is 0 Å². The molecule has 3 rings (SSSR count). The summed E-state index contributed by atoms with van der Waals surface area (Å²) in [6.45, 7) is 2.82. The summed E-state index contributed by atoms with van der Waals surface area (Å²) >= 11 is 1.44. The SMILES string of the molecule is CNc1nc(C)c(-c2nc(NC3CCN(S(C)(=O)=O)CC3)ncc2C#N)s1. The van der Waals surface area contributed by atoms with Crippen LogP contribution in [0.5, 0.6) is 0 Å². The first kappa shape index (κ1) is 19.5. The van der Waals surface area contributed by atoms with Gasteiger partial charge in [0.15, 0.2) is 5.13 Å². The molecule has 1 aliphatic heterocycles. The highest BCUT2D eigenvalue weighted by atomic mass is 32.2. The Morgan fingerprint density at radius 1 is 1.33 bits per heavy atom. The minimum Gasteiger partial charge on any atom is -0.365 e. The number of anilines is 2. The second kappa shape index (κ2) is 7.75. The van der Waals surface area contributed by atoms with E-state index in [9.17, 15) is 13.7 Å². The van der Waals surface area contributed by atoms with Gasteiger partial charge < -0.3 is 10.6 Å². The Morgan fingerprint density at radius 3 is 2.59 bits per heavy atom. The third-order valence-corrected chi connectivity index (χ3v) is 6.88. The molecule has 2 aromatic rings. The first-order valence-electron chi connectivity index (χ1n) is 8.46. The zero-order chi connectivity index (χ0) is 19.6. The number of hydrogen-bond acceptors (Lipinski definition) is 9. The molecule has 1 saturated heterocycles. The number of aromatic nitrogens is 3. The van der Waals surface area contributed by atoms with Gasteiger partial charge in [-0.15, -0.1) is 0 Å². The van der Waals surface area contributed by atoms with Crippen LogP contribution in [-0.2, 0) is 10.0 Å². The van der Waals surface area contributed by atoms with Gasteiger partial charge in [0.25, 0.3) is 0 Å². The van der Waals surface area contributed by atoms with Crippen molar-refractivity contribution in [2.75, 3.05) is 37.0 Å². The highest BCUT2D eigenvalue weighted by molar-refractivity contribution is 7.88. The minimum absolute atomic E-state index is 0.0826. The number of nitrogens with zero attached hydrogens (tertiary/aromatic N) is 5. The second-order valence-electron chi connectivity index (χ2n) is 6.33. The van der Waals surface area contributed by atoms with Gasteiger partial charge in [0, 0.05) is 26.2 Å². The maximum absolute atomic E-state index is 11.6. The van der Waals surface area contributed by atoms with Crippen molar-refractivity contribution in [3.63, 3.8) is 0 Å². The van der Waals surface area contributed by atoms with Crippen LogP contribution in [0.15, 0.2) is 6.20 Å². The molecule has 11 heteroatoms. The lowest BCUT2D eigenvalue weighted by molar-refractivity contribution is 0.331. The number of nitriles is 1. The number of hydrogen-bond donors (Lipinski definition) is 2. The predicted octanol–water partition coefficient (Wildman–Crippen LogP) is 1.66. The van der Waals surface area contributed by atoms with Crippen LogP contribution in [0.25, 0.3) is 10.6 Å². The van der Waals surface area contributed by atoms with Crippen LogP contribution >= 0.6 is 11.3 Å². The smallest absolute Gasteiger partial charge is 0.223 e. The number of piperidine rings is 1. The molecule has 1 fully saturated rings. The fourth-order valence-corrected chi connectivity index (χ4v) is 4.74. The Hall–Kier alpha value is -2.29. The molecule has 0 unspecified atom stereocenters. The Kier molecular flexibility index (Phi) is 5.59. The molecular formula is C16H21N7O2S2. The van der Waals surface area contributed by atoms with Gasteiger partial charge in [0.1, 0.15) is 11.8 Å².